The minimum Gasteiger partial charge on any atom is -0.466 e. The number of benzene rings is 1. The summed E-state index contributed by atoms with van der Waals surface area (Å²) in [5.41, 5.74) is 6.65. The second kappa shape index (κ2) is 7.32. The van der Waals surface area contributed by atoms with Gasteiger partial charge < -0.3 is 15.8 Å². The molecule has 18 heavy (non-hydrogen) atoms. The predicted octanol–water partition coefficient (Wildman–Crippen LogP) is 1.34. The minimum atomic E-state index is -0.240. The third-order valence-corrected chi connectivity index (χ3v) is 2.30. The van der Waals surface area contributed by atoms with Crippen LogP contribution >= 0.6 is 0 Å². The summed E-state index contributed by atoms with van der Waals surface area (Å²) >= 11 is 0. The summed E-state index contributed by atoms with van der Waals surface area (Å²) in [7, 11) is 0. The number of ether oxygens (including phenoxy) is 1. The van der Waals surface area contributed by atoms with Gasteiger partial charge in [0.15, 0.2) is 0 Å². The van der Waals surface area contributed by atoms with Crippen LogP contribution in [0.25, 0.3) is 0 Å². The first-order valence-corrected chi connectivity index (χ1v) is 5.93. The van der Waals surface area contributed by atoms with Gasteiger partial charge in [0.1, 0.15) is 0 Å². The number of amides is 1. The molecule has 5 heteroatoms. The SMILES string of the molecule is CCOC(=O)CCCNC(=O)c1cccc(N)c1. The summed E-state index contributed by atoms with van der Waals surface area (Å²) in [6, 6.07) is 6.75. The third kappa shape index (κ3) is 4.86. The average Bonchev–Trinajstić information content (AvgIpc) is 2.35. The van der Waals surface area contributed by atoms with E-state index in [0.29, 0.717) is 37.2 Å². The molecule has 0 heterocycles. The van der Waals surface area contributed by atoms with Crippen LogP contribution in [0.2, 0.25) is 0 Å². The normalized spacial score (nSPS) is 9.83. The smallest absolute Gasteiger partial charge is 0.305 e. The summed E-state index contributed by atoms with van der Waals surface area (Å²) < 4.78 is 4.78. The van der Waals surface area contributed by atoms with E-state index >= 15 is 0 Å². The van der Waals surface area contributed by atoms with Crippen LogP contribution in [0.1, 0.15) is 30.1 Å². The lowest BCUT2D eigenvalue weighted by Gasteiger charge is -2.05. The molecule has 0 atom stereocenters. The molecule has 0 aliphatic carbocycles. The van der Waals surface area contributed by atoms with Crippen molar-refractivity contribution in [3.63, 3.8) is 0 Å². The number of carbonyl (C=O) groups is 2. The maximum absolute atomic E-state index is 11.7. The van der Waals surface area contributed by atoms with E-state index < -0.39 is 0 Å². The van der Waals surface area contributed by atoms with Gasteiger partial charge in [-0.2, -0.15) is 0 Å². The molecule has 0 aliphatic heterocycles. The van der Waals surface area contributed by atoms with Crippen LogP contribution in [-0.2, 0) is 9.53 Å². The summed E-state index contributed by atoms with van der Waals surface area (Å²) in [5.74, 6) is -0.429. The van der Waals surface area contributed by atoms with Crippen molar-refractivity contribution >= 4 is 17.6 Å². The van der Waals surface area contributed by atoms with Crippen LogP contribution in [0.3, 0.4) is 0 Å². The van der Waals surface area contributed by atoms with Crippen molar-refractivity contribution < 1.29 is 14.3 Å². The molecular formula is C13H18N2O3. The highest BCUT2D eigenvalue weighted by atomic mass is 16.5. The molecule has 0 radical (unpaired) electrons. The second-order valence-electron chi connectivity index (χ2n) is 3.79. The zero-order chi connectivity index (χ0) is 13.4. The quantitative estimate of drug-likeness (QED) is 0.453. The fourth-order valence-electron chi connectivity index (χ4n) is 1.45. The van der Waals surface area contributed by atoms with Gasteiger partial charge >= 0.3 is 5.97 Å². The molecule has 0 aliphatic rings. The molecule has 0 saturated heterocycles. The Hall–Kier alpha value is -2.04. The van der Waals surface area contributed by atoms with E-state index in [9.17, 15) is 9.59 Å². The van der Waals surface area contributed by atoms with E-state index in [1.165, 1.54) is 0 Å². The molecule has 0 saturated carbocycles. The summed E-state index contributed by atoms with van der Waals surface area (Å²) in [5, 5.41) is 2.72. The largest absolute Gasteiger partial charge is 0.466 e. The Morgan fingerprint density at radius 2 is 2.17 bits per heavy atom. The van der Waals surface area contributed by atoms with Crippen LogP contribution in [-0.4, -0.2) is 25.0 Å². The van der Waals surface area contributed by atoms with Crippen molar-refractivity contribution in [2.75, 3.05) is 18.9 Å². The molecule has 0 aromatic heterocycles. The number of carbonyl (C=O) groups excluding carboxylic acids is 2. The number of nitrogens with one attached hydrogen (secondary N) is 1. The van der Waals surface area contributed by atoms with Gasteiger partial charge in [0.2, 0.25) is 0 Å². The van der Waals surface area contributed by atoms with Gasteiger partial charge in [0, 0.05) is 24.2 Å². The fraction of sp³-hybridized carbons (Fsp3) is 0.385. The van der Waals surface area contributed by atoms with Crippen molar-refractivity contribution in [3.8, 4) is 0 Å². The Morgan fingerprint density at radius 3 is 2.83 bits per heavy atom. The van der Waals surface area contributed by atoms with Crippen molar-refractivity contribution in [1.29, 1.82) is 0 Å². The molecule has 1 rings (SSSR count). The van der Waals surface area contributed by atoms with Crippen molar-refractivity contribution in [2.24, 2.45) is 0 Å². The molecule has 0 spiro atoms. The van der Waals surface area contributed by atoms with Gasteiger partial charge in [-0.1, -0.05) is 6.07 Å². The van der Waals surface area contributed by atoms with Crippen LogP contribution in [0.4, 0.5) is 5.69 Å². The van der Waals surface area contributed by atoms with E-state index in [-0.39, 0.29) is 11.9 Å². The Balaban J connectivity index is 2.27. The Labute approximate surface area is 106 Å². The van der Waals surface area contributed by atoms with E-state index in [1.807, 2.05) is 0 Å². The lowest BCUT2D eigenvalue weighted by atomic mass is 10.2. The summed E-state index contributed by atoms with van der Waals surface area (Å²) in [6.45, 7) is 2.58. The first kappa shape index (κ1) is 14.0. The molecule has 1 aromatic rings. The number of hydrogen-bond donors (Lipinski definition) is 2. The van der Waals surface area contributed by atoms with Gasteiger partial charge in [0.05, 0.1) is 6.61 Å². The van der Waals surface area contributed by atoms with Crippen LogP contribution in [0.5, 0.6) is 0 Å². The molecule has 1 amide bonds. The van der Waals surface area contributed by atoms with Crippen LogP contribution in [0.15, 0.2) is 24.3 Å². The highest BCUT2D eigenvalue weighted by molar-refractivity contribution is 5.94. The summed E-state index contributed by atoms with van der Waals surface area (Å²) in [6.07, 6.45) is 0.873. The van der Waals surface area contributed by atoms with Gasteiger partial charge in [-0.05, 0) is 31.5 Å². The topological polar surface area (TPSA) is 81.4 Å². The summed E-state index contributed by atoms with van der Waals surface area (Å²) in [4.78, 5) is 22.7. The predicted molar refractivity (Wildman–Crippen MR) is 69.1 cm³/mol. The van der Waals surface area contributed by atoms with E-state index in [2.05, 4.69) is 5.32 Å². The first-order valence-electron chi connectivity index (χ1n) is 5.93. The first-order chi connectivity index (χ1) is 8.63. The molecule has 3 N–H and O–H groups in total. The fourth-order valence-corrected chi connectivity index (χ4v) is 1.45. The number of nitrogens with two attached hydrogens (primary N) is 1. The Kier molecular flexibility index (Phi) is 5.70. The Bertz CT molecular complexity index is 418. The highest BCUT2D eigenvalue weighted by Gasteiger charge is 2.06. The minimum absolute atomic E-state index is 0.189. The third-order valence-electron chi connectivity index (χ3n) is 2.30. The van der Waals surface area contributed by atoms with Gasteiger partial charge in [0.25, 0.3) is 5.91 Å². The van der Waals surface area contributed by atoms with Crippen molar-refractivity contribution in [2.45, 2.75) is 19.8 Å². The lowest BCUT2D eigenvalue weighted by molar-refractivity contribution is -0.143. The molecule has 0 bridgehead atoms. The second-order valence-corrected chi connectivity index (χ2v) is 3.79. The van der Waals surface area contributed by atoms with Gasteiger partial charge in [-0.3, -0.25) is 9.59 Å². The van der Waals surface area contributed by atoms with Crippen LogP contribution < -0.4 is 11.1 Å². The number of hydrogen-bond acceptors (Lipinski definition) is 4. The average molecular weight is 250 g/mol. The Morgan fingerprint density at radius 1 is 1.39 bits per heavy atom. The number of esters is 1. The zero-order valence-corrected chi connectivity index (χ0v) is 10.4. The maximum atomic E-state index is 11.7. The van der Waals surface area contributed by atoms with Crippen molar-refractivity contribution in [1.82, 2.24) is 5.32 Å². The van der Waals surface area contributed by atoms with E-state index in [0.717, 1.165) is 0 Å². The molecule has 5 nitrogen and oxygen atoms in total. The van der Waals surface area contributed by atoms with E-state index in [1.54, 1.807) is 31.2 Å². The van der Waals surface area contributed by atoms with Gasteiger partial charge in [-0.25, -0.2) is 0 Å². The van der Waals surface area contributed by atoms with Crippen molar-refractivity contribution in [3.05, 3.63) is 29.8 Å². The number of anilines is 1. The van der Waals surface area contributed by atoms with E-state index in [4.69, 9.17) is 10.5 Å². The molecule has 98 valence electrons. The highest BCUT2D eigenvalue weighted by Crippen LogP contribution is 2.06. The van der Waals surface area contributed by atoms with Gasteiger partial charge in [-0.15, -0.1) is 0 Å². The molecular weight excluding hydrogens is 232 g/mol. The zero-order valence-electron chi connectivity index (χ0n) is 10.4. The van der Waals surface area contributed by atoms with Crippen LogP contribution in [0, 0.1) is 0 Å². The molecule has 0 unspecified atom stereocenters. The number of nitrogen functional groups attached to an aromatic ring is 1. The standard InChI is InChI=1S/C13H18N2O3/c1-2-18-12(16)7-4-8-15-13(17)10-5-3-6-11(14)9-10/h3,5-6,9H,2,4,7-8,14H2,1H3,(H,15,17). The molecule has 0 fully saturated rings. The maximum Gasteiger partial charge on any atom is 0.305 e. The number of rotatable bonds is 6. The molecule has 1 aromatic carbocycles. The monoisotopic (exact) mass is 250 g/mol. The lowest BCUT2D eigenvalue weighted by Crippen LogP contribution is -2.25.